The van der Waals surface area contributed by atoms with Crippen molar-refractivity contribution in [3.8, 4) is 0 Å². The molecule has 1 N–H and O–H groups in total. The number of aliphatic hydroxyl groups is 1. The van der Waals surface area contributed by atoms with E-state index in [2.05, 4.69) is 6.92 Å². The van der Waals surface area contributed by atoms with Crippen LogP contribution >= 0.6 is 0 Å². The van der Waals surface area contributed by atoms with E-state index in [4.69, 9.17) is 0 Å². The van der Waals surface area contributed by atoms with Crippen molar-refractivity contribution in [1.82, 2.24) is 0 Å². The Morgan fingerprint density at radius 2 is 2.24 bits per heavy atom. The molecule has 2 fully saturated rings. The second-order valence-corrected chi connectivity index (χ2v) is 6.21. The highest BCUT2D eigenvalue weighted by Gasteiger charge is 2.47. The van der Waals surface area contributed by atoms with Gasteiger partial charge < -0.3 is 5.11 Å². The predicted molar refractivity (Wildman–Crippen MR) is 66.5 cm³/mol. The summed E-state index contributed by atoms with van der Waals surface area (Å²) in [5.74, 6) is 0.638. The van der Waals surface area contributed by atoms with Gasteiger partial charge in [-0.1, -0.05) is 25.2 Å². The van der Waals surface area contributed by atoms with Gasteiger partial charge in [0, 0.05) is 12.0 Å². The largest absolute Gasteiger partial charge is 0.385 e. The van der Waals surface area contributed by atoms with Gasteiger partial charge in [-0.15, -0.1) is 0 Å². The zero-order valence-electron chi connectivity index (χ0n) is 10.4. The zero-order valence-corrected chi connectivity index (χ0v) is 10.4. The molecule has 17 heavy (non-hydrogen) atoms. The van der Waals surface area contributed by atoms with Crippen LogP contribution in [-0.2, 0) is 4.79 Å². The molecule has 0 bridgehead atoms. The lowest BCUT2D eigenvalue weighted by molar-refractivity contribution is -0.114. The highest BCUT2D eigenvalue weighted by molar-refractivity contribution is 5.99. The first kappa shape index (κ1) is 11.2. The quantitative estimate of drug-likeness (QED) is 0.697. The summed E-state index contributed by atoms with van der Waals surface area (Å²) < 4.78 is 0. The average molecular weight is 232 g/mol. The summed E-state index contributed by atoms with van der Waals surface area (Å²) in [4.78, 5) is 11.9. The molecule has 92 valence electrons. The van der Waals surface area contributed by atoms with Crippen LogP contribution in [0.3, 0.4) is 0 Å². The van der Waals surface area contributed by atoms with E-state index in [1.54, 1.807) is 0 Å². The van der Waals surface area contributed by atoms with Crippen LogP contribution in [-0.4, -0.2) is 16.5 Å². The summed E-state index contributed by atoms with van der Waals surface area (Å²) in [7, 11) is 0. The fourth-order valence-electron chi connectivity index (χ4n) is 3.94. The Morgan fingerprint density at radius 3 is 3.06 bits per heavy atom. The molecular formula is C15H20O2. The molecule has 0 unspecified atom stereocenters. The number of carbonyl (C=O) groups excluding carboxylic acids is 1. The van der Waals surface area contributed by atoms with Crippen LogP contribution in [0.5, 0.6) is 0 Å². The van der Waals surface area contributed by atoms with Crippen molar-refractivity contribution < 1.29 is 9.90 Å². The van der Waals surface area contributed by atoms with Gasteiger partial charge in [-0.05, 0) is 43.4 Å². The van der Waals surface area contributed by atoms with E-state index >= 15 is 0 Å². The molecule has 0 amide bonds. The number of rotatable bonds is 0. The molecule has 2 nitrogen and oxygen atoms in total. The van der Waals surface area contributed by atoms with Gasteiger partial charge in [-0.3, -0.25) is 4.79 Å². The Morgan fingerprint density at radius 1 is 1.41 bits per heavy atom. The predicted octanol–water partition coefficient (Wildman–Crippen LogP) is 2.77. The number of ketones is 1. The third-order valence-electron chi connectivity index (χ3n) is 5.04. The van der Waals surface area contributed by atoms with Crippen molar-refractivity contribution in [1.29, 1.82) is 0 Å². The number of Topliss-reactive ketones (excluding diaryl/α,β-unsaturated/α-hetero) is 1. The summed E-state index contributed by atoms with van der Waals surface area (Å²) in [5.41, 5.74) is 0.379. The molecule has 2 heteroatoms. The highest BCUT2D eigenvalue weighted by atomic mass is 16.3. The van der Waals surface area contributed by atoms with Crippen LogP contribution in [0.2, 0.25) is 0 Å². The Kier molecular flexibility index (Phi) is 2.34. The second kappa shape index (κ2) is 3.55. The lowest BCUT2D eigenvalue weighted by Crippen LogP contribution is -2.35. The van der Waals surface area contributed by atoms with Crippen molar-refractivity contribution in [3.05, 3.63) is 23.8 Å². The standard InChI is InChI=1S/C15H20O2/c1-14-9-6-13(16)12(14)5-3-8-15(17)7-2-4-11(15)10-14/h3,5,8,11,17H,2,4,6-7,9-10H2,1H3/b8-3-,12-5-/t11-,14+,15-/m0/s1. The van der Waals surface area contributed by atoms with Gasteiger partial charge in [0.1, 0.15) is 0 Å². The smallest absolute Gasteiger partial charge is 0.159 e. The lowest BCUT2D eigenvalue weighted by Gasteiger charge is -2.36. The van der Waals surface area contributed by atoms with E-state index in [9.17, 15) is 9.90 Å². The molecule has 3 aliphatic rings. The number of hydrogen-bond acceptors (Lipinski definition) is 2. The first-order valence-corrected chi connectivity index (χ1v) is 6.69. The van der Waals surface area contributed by atoms with E-state index in [1.807, 2.05) is 18.2 Å². The second-order valence-electron chi connectivity index (χ2n) is 6.21. The van der Waals surface area contributed by atoms with Gasteiger partial charge in [0.15, 0.2) is 5.78 Å². The number of fused-ring (bicyclic) bond motifs is 2. The highest BCUT2D eigenvalue weighted by Crippen LogP contribution is 2.51. The molecule has 3 aliphatic carbocycles. The van der Waals surface area contributed by atoms with Gasteiger partial charge in [0.25, 0.3) is 0 Å². The summed E-state index contributed by atoms with van der Waals surface area (Å²) >= 11 is 0. The summed E-state index contributed by atoms with van der Waals surface area (Å²) in [6.07, 6.45) is 11.5. The van der Waals surface area contributed by atoms with Gasteiger partial charge in [0.2, 0.25) is 0 Å². The Hall–Kier alpha value is -0.890. The van der Waals surface area contributed by atoms with Crippen LogP contribution in [0.15, 0.2) is 23.8 Å². The van der Waals surface area contributed by atoms with E-state index in [-0.39, 0.29) is 5.41 Å². The molecule has 0 radical (unpaired) electrons. The maximum Gasteiger partial charge on any atom is 0.159 e. The van der Waals surface area contributed by atoms with Crippen LogP contribution < -0.4 is 0 Å². The van der Waals surface area contributed by atoms with Crippen LogP contribution in [0.4, 0.5) is 0 Å². The molecule has 0 aromatic carbocycles. The van der Waals surface area contributed by atoms with Crippen LogP contribution in [0.1, 0.15) is 45.4 Å². The summed E-state index contributed by atoms with van der Waals surface area (Å²) in [5, 5.41) is 10.6. The minimum atomic E-state index is -0.614. The molecule has 0 heterocycles. The van der Waals surface area contributed by atoms with Crippen molar-refractivity contribution >= 4 is 5.78 Å². The van der Waals surface area contributed by atoms with Crippen LogP contribution in [0.25, 0.3) is 0 Å². The molecule has 3 atom stereocenters. The van der Waals surface area contributed by atoms with E-state index in [1.165, 1.54) is 0 Å². The monoisotopic (exact) mass is 232 g/mol. The number of hydrogen-bond donors (Lipinski definition) is 1. The average Bonchev–Trinajstić information content (AvgIpc) is 2.73. The third-order valence-corrected chi connectivity index (χ3v) is 5.04. The lowest BCUT2D eigenvalue weighted by atomic mass is 9.71. The van der Waals surface area contributed by atoms with Crippen molar-refractivity contribution in [3.63, 3.8) is 0 Å². The summed E-state index contributed by atoms with van der Waals surface area (Å²) in [6, 6.07) is 0. The molecule has 3 rings (SSSR count). The molecule has 0 aromatic heterocycles. The van der Waals surface area contributed by atoms with Gasteiger partial charge in [-0.25, -0.2) is 0 Å². The SMILES string of the molecule is C[C@]12CCC(=O)/C1=C/C=C\[C@@]1(O)CCC[C@H]1C2. The number of allylic oxidation sites excluding steroid dienone is 3. The molecule has 0 saturated heterocycles. The summed E-state index contributed by atoms with van der Waals surface area (Å²) in [6.45, 7) is 2.20. The molecule has 0 aliphatic heterocycles. The van der Waals surface area contributed by atoms with E-state index in [0.29, 0.717) is 18.1 Å². The van der Waals surface area contributed by atoms with Gasteiger partial charge >= 0.3 is 0 Å². The topological polar surface area (TPSA) is 37.3 Å². The molecule has 0 spiro atoms. The van der Waals surface area contributed by atoms with Crippen LogP contribution in [0, 0.1) is 11.3 Å². The number of carbonyl (C=O) groups is 1. The maximum absolute atomic E-state index is 11.9. The zero-order chi connectivity index (χ0) is 12.1. The molecule has 0 aromatic rings. The molecular weight excluding hydrogens is 212 g/mol. The Bertz CT molecular complexity index is 421. The van der Waals surface area contributed by atoms with E-state index in [0.717, 1.165) is 37.7 Å². The fraction of sp³-hybridized carbons (Fsp3) is 0.667. The van der Waals surface area contributed by atoms with Gasteiger partial charge in [-0.2, -0.15) is 0 Å². The minimum absolute atomic E-state index is 0.00479. The first-order valence-electron chi connectivity index (χ1n) is 6.69. The maximum atomic E-state index is 11.9. The van der Waals surface area contributed by atoms with Gasteiger partial charge in [0.05, 0.1) is 5.60 Å². The normalized spacial score (nSPS) is 49.9. The van der Waals surface area contributed by atoms with Crippen molar-refractivity contribution in [2.24, 2.45) is 11.3 Å². The molecule has 2 saturated carbocycles. The third kappa shape index (κ3) is 1.61. The first-order chi connectivity index (χ1) is 8.04. The van der Waals surface area contributed by atoms with E-state index < -0.39 is 5.60 Å². The van der Waals surface area contributed by atoms with Crippen molar-refractivity contribution in [2.75, 3.05) is 0 Å². The fourth-order valence-corrected chi connectivity index (χ4v) is 3.94. The minimum Gasteiger partial charge on any atom is -0.385 e. The Balaban J connectivity index is 2.02. The van der Waals surface area contributed by atoms with Crippen molar-refractivity contribution in [2.45, 2.75) is 51.0 Å². The Labute approximate surface area is 102 Å².